The van der Waals surface area contributed by atoms with Crippen molar-refractivity contribution in [1.82, 2.24) is 9.80 Å². The van der Waals surface area contributed by atoms with Gasteiger partial charge in [0.1, 0.15) is 5.50 Å². The third-order valence-corrected chi connectivity index (χ3v) is 7.93. The maximum Gasteiger partial charge on any atom is 0.135 e. The van der Waals surface area contributed by atoms with Gasteiger partial charge in [-0.25, -0.2) is 0 Å². The SMILES string of the molecule is CN1C[C@@H]2CN(C3Sc4ccccc4N3C3CCCCC3)C[C@@H]2C1. The highest BCUT2D eigenvalue weighted by atomic mass is 32.2. The minimum Gasteiger partial charge on any atom is -0.343 e. The Morgan fingerprint density at radius 1 is 0.917 bits per heavy atom. The Balaban J connectivity index is 1.41. The van der Waals surface area contributed by atoms with Crippen molar-refractivity contribution in [3.63, 3.8) is 0 Å². The Labute approximate surface area is 150 Å². The van der Waals surface area contributed by atoms with E-state index in [0.29, 0.717) is 5.50 Å². The van der Waals surface area contributed by atoms with Crippen LogP contribution < -0.4 is 4.90 Å². The molecule has 1 saturated carbocycles. The van der Waals surface area contributed by atoms with Gasteiger partial charge in [0.25, 0.3) is 0 Å². The highest BCUT2D eigenvalue weighted by Crippen LogP contribution is 2.49. The molecule has 24 heavy (non-hydrogen) atoms. The predicted octanol–water partition coefficient (Wildman–Crippen LogP) is 3.71. The summed E-state index contributed by atoms with van der Waals surface area (Å²) in [4.78, 5) is 9.65. The summed E-state index contributed by atoms with van der Waals surface area (Å²) in [7, 11) is 2.29. The predicted molar refractivity (Wildman–Crippen MR) is 101 cm³/mol. The van der Waals surface area contributed by atoms with Crippen molar-refractivity contribution in [2.24, 2.45) is 11.8 Å². The van der Waals surface area contributed by atoms with Gasteiger partial charge in [0, 0.05) is 37.1 Å². The summed E-state index contributed by atoms with van der Waals surface area (Å²) in [5.41, 5.74) is 2.05. The number of hydrogen-bond donors (Lipinski definition) is 0. The van der Waals surface area contributed by atoms with Gasteiger partial charge in [-0.1, -0.05) is 43.2 Å². The summed E-state index contributed by atoms with van der Waals surface area (Å²) in [6, 6.07) is 9.89. The van der Waals surface area contributed by atoms with Crippen LogP contribution in [-0.2, 0) is 0 Å². The smallest absolute Gasteiger partial charge is 0.135 e. The van der Waals surface area contributed by atoms with E-state index in [9.17, 15) is 0 Å². The van der Waals surface area contributed by atoms with Crippen LogP contribution in [0.25, 0.3) is 0 Å². The van der Waals surface area contributed by atoms with E-state index in [2.05, 4.69) is 57.8 Å². The Morgan fingerprint density at radius 3 is 2.38 bits per heavy atom. The fourth-order valence-electron chi connectivity index (χ4n) is 5.49. The van der Waals surface area contributed by atoms with Crippen LogP contribution in [-0.4, -0.2) is 54.6 Å². The summed E-state index contributed by atoms with van der Waals surface area (Å²) in [5.74, 6) is 1.79. The zero-order valence-electron chi connectivity index (χ0n) is 14.7. The number of thioether (sulfide) groups is 1. The molecule has 0 radical (unpaired) electrons. The fraction of sp³-hybridized carbons (Fsp3) is 0.700. The maximum atomic E-state index is 2.81. The zero-order valence-corrected chi connectivity index (χ0v) is 15.5. The van der Waals surface area contributed by atoms with Crippen LogP contribution in [0.3, 0.4) is 0 Å². The molecular formula is C20H29N3S. The van der Waals surface area contributed by atoms with Gasteiger partial charge in [0.2, 0.25) is 0 Å². The van der Waals surface area contributed by atoms with Gasteiger partial charge in [-0.2, -0.15) is 0 Å². The second kappa shape index (κ2) is 6.22. The number of fused-ring (bicyclic) bond motifs is 2. The fourth-order valence-corrected chi connectivity index (χ4v) is 6.89. The van der Waals surface area contributed by atoms with Crippen molar-refractivity contribution >= 4 is 17.4 Å². The average molecular weight is 344 g/mol. The van der Waals surface area contributed by atoms with E-state index in [1.165, 1.54) is 68.9 Å². The molecule has 3 aliphatic heterocycles. The normalized spacial score (nSPS) is 34.7. The molecule has 4 aliphatic rings. The molecule has 1 aliphatic carbocycles. The quantitative estimate of drug-likeness (QED) is 0.809. The molecule has 0 amide bonds. The molecule has 0 N–H and O–H groups in total. The molecule has 0 aromatic heterocycles. The molecule has 3 atom stereocenters. The van der Waals surface area contributed by atoms with Crippen LogP contribution in [0.1, 0.15) is 32.1 Å². The minimum absolute atomic E-state index is 0.543. The molecule has 1 aromatic carbocycles. The molecule has 4 heteroatoms. The lowest BCUT2D eigenvalue weighted by molar-refractivity contribution is 0.244. The first-order valence-electron chi connectivity index (χ1n) is 9.76. The van der Waals surface area contributed by atoms with Crippen molar-refractivity contribution in [2.45, 2.75) is 48.5 Å². The maximum absolute atomic E-state index is 2.81. The van der Waals surface area contributed by atoms with Gasteiger partial charge in [0.05, 0.1) is 5.69 Å². The standard InChI is InChI=1S/C20H29N3S/c1-21-11-15-13-22(14-16(15)12-21)20-23(17-7-3-2-4-8-17)18-9-5-6-10-19(18)24-20/h5-6,9-10,15-17,20H,2-4,7-8,11-14H2,1H3/t15-,16+,20?. The third kappa shape index (κ3) is 2.58. The molecule has 3 nitrogen and oxygen atoms in total. The van der Waals surface area contributed by atoms with E-state index < -0.39 is 0 Å². The van der Waals surface area contributed by atoms with Gasteiger partial charge in [-0.05, 0) is 43.9 Å². The summed E-state index contributed by atoms with van der Waals surface area (Å²) < 4.78 is 0. The van der Waals surface area contributed by atoms with Gasteiger partial charge < -0.3 is 9.80 Å². The van der Waals surface area contributed by atoms with Crippen molar-refractivity contribution in [1.29, 1.82) is 0 Å². The zero-order chi connectivity index (χ0) is 16.1. The van der Waals surface area contributed by atoms with Gasteiger partial charge in [-0.3, -0.25) is 4.90 Å². The molecular weight excluding hydrogens is 314 g/mol. The number of likely N-dealkylation sites (tertiary alicyclic amines) is 2. The highest BCUT2D eigenvalue weighted by molar-refractivity contribution is 8.00. The second-order valence-corrected chi connectivity index (χ2v) is 9.40. The summed E-state index contributed by atoms with van der Waals surface area (Å²) in [5, 5.41) is 0. The Hall–Kier alpha value is -0.710. The molecule has 130 valence electrons. The summed E-state index contributed by atoms with van der Waals surface area (Å²) in [6.45, 7) is 5.19. The van der Waals surface area contributed by atoms with E-state index in [1.54, 1.807) is 0 Å². The first kappa shape index (κ1) is 15.5. The number of benzene rings is 1. The lowest BCUT2D eigenvalue weighted by atomic mass is 9.94. The second-order valence-electron chi connectivity index (χ2n) is 8.31. The lowest BCUT2D eigenvalue weighted by Crippen LogP contribution is -2.49. The molecule has 0 bridgehead atoms. The number of nitrogens with zero attached hydrogens (tertiary/aromatic N) is 3. The molecule has 5 rings (SSSR count). The van der Waals surface area contributed by atoms with Crippen LogP contribution in [0.2, 0.25) is 0 Å². The van der Waals surface area contributed by atoms with E-state index in [1.807, 2.05) is 0 Å². The number of para-hydroxylation sites is 1. The van der Waals surface area contributed by atoms with Crippen molar-refractivity contribution in [3.05, 3.63) is 24.3 Å². The minimum atomic E-state index is 0.543. The third-order valence-electron chi connectivity index (χ3n) is 6.59. The number of rotatable bonds is 2. The average Bonchev–Trinajstić information content (AvgIpc) is 3.25. The van der Waals surface area contributed by atoms with Crippen molar-refractivity contribution in [2.75, 3.05) is 38.1 Å². The highest BCUT2D eigenvalue weighted by Gasteiger charge is 2.46. The first-order valence-corrected chi connectivity index (χ1v) is 10.6. The van der Waals surface area contributed by atoms with Crippen LogP contribution in [0.15, 0.2) is 29.2 Å². The summed E-state index contributed by atoms with van der Waals surface area (Å²) >= 11 is 2.11. The molecule has 0 spiro atoms. The van der Waals surface area contributed by atoms with Crippen LogP contribution >= 0.6 is 11.8 Å². The monoisotopic (exact) mass is 343 g/mol. The topological polar surface area (TPSA) is 9.72 Å². The van der Waals surface area contributed by atoms with E-state index >= 15 is 0 Å². The first-order chi connectivity index (χ1) is 11.8. The van der Waals surface area contributed by atoms with Crippen LogP contribution in [0, 0.1) is 11.8 Å². The van der Waals surface area contributed by atoms with E-state index in [4.69, 9.17) is 0 Å². The van der Waals surface area contributed by atoms with Crippen molar-refractivity contribution < 1.29 is 0 Å². The number of hydrogen-bond acceptors (Lipinski definition) is 4. The van der Waals surface area contributed by atoms with Gasteiger partial charge in [-0.15, -0.1) is 0 Å². The van der Waals surface area contributed by atoms with Crippen LogP contribution in [0.5, 0.6) is 0 Å². The largest absolute Gasteiger partial charge is 0.343 e. The molecule has 3 heterocycles. The molecule has 1 aromatic rings. The molecule has 2 saturated heterocycles. The van der Waals surface area contributed by atoms with E-state index in [-0.39, 0.29) is 0 Å². The van der Waals surface area contributed by atoms with Gasteiger partial charge in [0.15, 0.2) is 0 Å². The van der Waals surface area contributed by atoms with Gasteiger partial charge >= 0.3 is 0 Å². The Bertz CT molecular complexity index is 586. The Morgan fingerprint density at radius 2 is 1.62 bits per heavy atom. The Kier molecular flexibility index (Phi) is 4.03. The number of anilines is 1. The van der Waals surface area contributed by atoms with Crippen molar-refractivity contribution in [3.8, 4) is 0 Å². The van der Waals surface area contributed by atoms with Crippen LogP contribution in [0.4, 0.5) is 5.69 Å². The molecule has 3 fully saturated rings. The summed E-state index contributed by atoms with van der Waals surface area (Å²) in [6.07, 6.45) is 7.03. The molecule has 1 unspecified atom stereocenters. The lowest BCUT2D eigenvalue weighted by Gasteiger charge is -2.41. The van der Waals surface area contributed by atoms with E-state index in [0.717, 1.165) is 17.9 Å².